The lowest BCUT2D eigenvalue weighted by Crippen LogP contribution is -2.56. The fraction of sp³-hybridized carbons (Fsp3) is 0.500. The highest BCUT2D eigenvalue weighted by atomic mass is 32.1. The summed E-state index contributed by atoms with van der Waals surface area (Å²) in [6, 6.07) is 0. The highest BCUT2D eigenvalue weighted by Gasteiger charge is 2.67. The van der Waals surface area contributed by atoms with E-state index < -0.39 is 57.8 Å². The maximum absolute atomic E-state index is 14.8. The third-order valence-corrected chi connectivity index (χ3v) is 7.53. The van der Waals surface area contributed by atoms with E-state index in [0.717, 1.165) is 0 Å². The van der Waals surface area contributed by atoms with Gasteiger partial charge in [-0.2, -0.15) is 17.6 Å². The Balaban J connectivity index is 2.36. The standard InChI is InChI=1S/C24H28F4N2O6S2/c1-9(2)35-19(31)15-11(5)13(7)37-17(15)29-21(33)23(25,26)24(27,28)22(34)30-18-16(12(6)14(8)38-18)20(32)36-10(3)4/h9-10H,1-8H3,(H,29,33)(H,30,34). The van der Waals surface area contributed by atoms with Crippen LogP contribution in [0.1, 0.15) is 69.3 Å². The summed E-state index contributed by atoms with van der Waals surface area (Å²) in [6.45, 7) is 12.2. The lowest BCUT2D eigenvalue weighted by atomic mass is 10.1. The summed E-state index contributed by atoms with van der Waals surface area (Å²) in [5.41, 5.74) is 0.118. The second-order valence-corrected chi connectivity index (χ2v) is 11.4. The van der Waals surface area contributed by atoms with E-state index in [2.05, 4.69) is 0 Å². The molecule has 2 N–H and O–H groups in total. The van der Waals surface area contributed by atoms with E-state index in [1.807, 2.05) is 0 Å². The van der Waals surface area contributed by atoms with Gasteiger partial charge in [0.25, 0.3) is 0 Å². The van der Waals surface area contributed by atoms with Gasteiger partial charge in [-0.3, -0.25) is 9.59 Å². The van der Waals surface area contributed by atoms with Gasteiger partial charge in [-0.05, 0) is 66.5 Å². The predicted molar refractivity (Wildman–Crippen MR) is 136 cm³/mol. The zero-order valence-corrected chi connectivity index (χ0v) is 23.6. The molecule has 0 unspecified atom stereocenters. The Morgan fingerprint density at radius 1 is 0.658 bits per heavy atom. The van der Waals surface area contributed by atoms with Crippen molar-refractivity contribution in [1.82, 2.24) is 0 Å². The summed E-state index contributed by atoms with van der Waals surface area (Å²) >= 11 is 1.43. The minimum Gasteiger partial charge on any atom is -0.459 e. The number of thiophene rings is 2. The SMILES string of the molecule is Cc1sc(NC(=O)C(F)(F)C(F)(F)C(=O)Nc2sc(C)c(C)c2C(=O)OC(C)C)c(C(=O)OC(C)C)c1C. The van der Waals surface area contributed by atoms with Crippen LogP contribution in [-0.2, 0) is 19.1 Å². The minimum absolute atomic E-state index is 0.254. The Hall–Kier alpha value is -3.00. The minimum atomic E-state index is -5.54. The number of aryl methyl sites for hydroxylation is 2. The monoisotopic (exact) mass is 580 g/mol. The molecule has 2 amide bonds. The quantitative estimate of drug-likeness (QED) is 0.277. The zero-order valence-electron chi connectivity index (χ0n) is 21.9. The van der Waals surface area contributed by atoms with Crippen molar-refractivity contribution >= 4 is 56.4 Å². The Morgan fingerprint density at radius 3 is 1.21 bits per heavy atom. The van der Waals surface area contributed by atoms with Crippen LogP contribution in [-0.4, -0.2) is 47.8 Å². The number of hydrogen-bond acceptors (Lipinski definition) is 8. The predicted octanol–water partition coefficient (Wildman–Crippen LogP) is 6.02. The molecule has 0 saturated carbocycles. The van der Waals surface area contributed by atoms with E-state index in [4.69, 9.17) is 9.47 Å². The fourth-order valence-electron chi connectivity index (χ4n) is 3.12. The molecule has 2 aromatic heterocycles. The van der Waals surface area contributed by atoms with Crippen molar-refractivity contribution < 1.29 is 46.2 Å². The molecule has 0 aliphatic rings. The van der Waals surface area contributed by atoms with Crippen molar-refractivity contribution in [1.29, 1.82) is 0 Å². The average Bonchev–Trinajstić information content (AvgIpc) is 3.20. The van der Waals surface area contributed by atoms with Gasteiger partial charge < -0.3 is 20.1 Å². The van der Waals surface area contributed by atoms with Crippen LogP contribution in [0, 0.1) is 27.7 Å². The molecule has 38 heavy (non-hydrogen) atoms. The third kappa shape index (κ3) is 6.17. The summed E-state index contributed by atoms with van der Waals surface area (Å²) < 4.78 is 69.2. The largest absolute Gasteiger partial charge is 0.459 e. The Morgan fingerprint density at radius 2 is 0.947 bits per heavy atom. The molecule has 2 rings (SSSR count). The van der Waals surface area contributed by atoms with E-state index in [1.54, 1.807) is 38.3 Å². The number of rotatable bonds is 9. The molecule has 2 aromatic rings. The van der Waals surface area contributed by atoms with Gasteiger partial charge in [-0.1, -0.05) is 0 Å². The molecule has 0 atom stereocenters. The van der Waals surface area contributed by atoms with Gasteiger partial charge in [0, 0.05) is 9.75 Å². The number of anilines is 2. The molecule has 0 aliphatic heterocycles. The molecule has 0 aliphatic carbocycles. The van der Waals surface area contributed by atoms with Crippen molar-refractivity contribution in [2.24, 2.45) is 0 Å². The molecule has 0 radical (unpaired) electrons. The normalized spacial score (nSPS) is 12.1. The van der Waals surface area contributed by atoms with Crippen molar-refractivity contribution in [3.05, 3.63) is 32.0 Å². The molecular weight excluding hydrogens is 552 g/mol. The average molecular weight is 581 g/mol. The topological polar surface area (TPSA) is 111 Å². The van der Waals surface area contributed by atoms with Crippen LogP contribution in [0.25, 0.3) is 0 Å². The number of halogens is 4. The molecule has 0 spiro atoms. The van der Waals surface area contributed by atoms with E-state index in [9.17, 15) is 36.7 Å². The molecular formula is C24H28F4N2O6S2. The number of hydrogen-bond donors (Lipinski definition) is 2. The van der Waals surface area contributed by atoms with Gasteiger partial charge in [0.2, 0.25) is 0 Å². The van der Waals surface area contributed by atoms with Crippen LogP contribution in [0.2, 0.25) is 0 Å². The number of carbonyl (C=O) groups is 4. The van der Waals surface area contributed by atoms with Crippen LogP contribution >= 0.6 is 22.7 Å². The molecule has 0 bridgehead atoms. The second-order valence-electron chi connectivity index (χ2n) is 8.94. The number of esters is 2. The number of amides is 2. The maximum atomic E-state index is 14.8. The molecule has 2 heterocycles. The van der Waals surface area contributed by atoms with Crippen LogP contribution < -0.4 is 10.6 Å². The van der Waals surface area contributed by atoms with E-state index in [0.29, 0.717) is 43.6 Å². The van der Waals surface area contributed by atoms with E-state index in [1.165, 1.54) is 27.7 Å². The van der Waals surface area contributed by atoms with E-state index >= 15 is 0 Å². The van der Waals surface area contributed by atoms with Crippen molar-refractivity contribution in [2.45, 2.75) is 79.4 Å². The van der Waals surface area contributed by atoms with Crippen molar-refractivity contribution in [2.75, 3.05) is 10.6 Å². The summed E-state index contributed by atoms with van der Waals surface area (Å²) in [4.78, 5) is 50.5. The summed E-state index contributed by atoms with van der Waals surface area (Å²) in [7, 11) is 0. The highest BCUT2D eigenvalue weighted by Crippen LogP contribution is 2.40. The number of alkyl halides is 4. The first-order valence-electron chi connectivity index (χ1n) is 11.3. The zero-order chi connectivity index (χ0) is 29.3. The van der Waals surface area contributed by atoms with Crippen LogP contribution in [0.15, 0.2) is 0 Å². The number of carbonyl (C=O) groups excluding carboxylic acids is 4. The molecule has 210 valence electrons. The Bertz CT molecular complexity index is 1170. The van der Waals surface area contributed by atoms with Crippen molar-refractivity contribution in [3.63, 3.8) is 0 Å². The molecule has 0 aromatic carbocycles. The van der Waals surface area contributed by atoms with Crippen LogP contribution in [0.3, 0.4) is 0 Å². The summed E-state index contributed by atoms with van der Waals surface area (Å²) in [5, 5.41) is 2.46. The van der Waals surface area contributed by atoms with Crippen molar-refractivity contribution in [3.8, 4) is 0 Å². The maximum Gasteiger partial charge on any atom is 0.396 e. The van der Waals surface area contributed by atoms with Gasteiger partial charge in [0.05, 0.1) is 23.3 Å². The summed E-state index contributed by atoms with van der Waals surface area (Å²) in [5.74, 6) is -18.0. The van der Waals surface area contributed by atoms with Gasteiger partial charge >= 0.3 is 35.6 Å². The number of ether oxygens (including phenoxy) is 2. The Labute approximate surface area is 224 Å². The fourth-order valence-corrected chi connectivity index (χ4v) is 5.20. The first kappa shape index (κ1) is 31.2. The van der Waals surface area contributed by atoms with Gasteiger partial charge in [-0.15, -0.1) is 22.7 Å². The third-order valence-electron chi connectivity index (χ3n) is 5.28. The Kier molecular flexibility index (Phi) is 9.36. The first-order valence-corrected chi connectivity index (χ1v) is 13.0. The van der Waals surface area contributed by atoms with E-state index in [-0.39, 0.29) is 11.1 Å². The lowest BCUT2D eigenvalue weighted by Gasteiger charge is -2.24. The van der Waals surface area contributed by atoms with Gasteiger partial charge in [0.15, 0.2) is 0 Å². The first-order chi connectivity index (χ1) is 17.3. The molecule has 0 saturated heterocycles. The molecule has 8 nitrogen and oxygen atoms in total. The molecule has 14 heteroatoms. The highest BCUT2D eigenvalue weighted by molar-refractivity contribution is 7.17. The van der Waals surface area contributed by atoms with Gasteiger partial charge in [-0.25, -0.2) is 9.59 Å². The number of nitrogens with one attached hydrogen (secondary N) is 2. The van der Waals surface area contributed by atoms with Crippen LogP contribution in [0.4, 0.5) is 27.6 Å². The summed E-state index contributed by atoms with van der Waals surface area (Å²) in [6.07, 6.45) is -1.15. The lowest BCUT2D eigenvalue weighted by molar-refractivity contribution is -0.204. The second kappa shape index (κ2) is 11.4. The van der Waals surface area contributed by atoms with Crippen LogP contribution in [0.5, 0.6) is 0 Å². The molecule has 0 fully saturated rings. The van der Waals surface area contributed by atoms with Gasteiger partial charge in [0.1, 0.15) is 10.0 Å². The smallest absolute Gasteiger partial charge is 0.396 e.